The molecule has 0 aliphatic heterocycles. The summed E-state index contributed by atoms with van der Waals surface area (Å²) in [5, 5.41) is 8.49. The molecule has 1 heterocycles. The number of aliphatic carboxylic acids is 1. The third-order valence-corrected chi connectivity index (χ3v) is 2.69. The summed E-state index contributed by atoms with van der Waals surface area (Å²) in [4.78, 5) is 25.5. The number of hydrogen-bond donors (Lipinski definition) is 1. The van der Waals surface area contributed by atoms with E-state index in [2.05, 4.69) is 9.72 Å². The van der Waals surface area contributed by atoms with Gasteiger partial charge < -0.3 is 14.6 Å². The van der Waals surface area contributed by atoms with E-state index in [1.807, 2.05) is 0 Å². The van der Waals surface area contributed by atoms with Gasteiger partial charge in [-0.15, -0.1) is 0 Å². The van der Waals surface area contributed by atoms with Gasteiger partial charge in [0.1, 0.15) is 5.75 Å². The Bertz CT molecular complexity index is 447. The summed E-state index contributed by atoms with van der Waals surface area (Å²) in [5.41, 5.74) is 0.353. The van der Waals surface area contributed by atoms with Crippen LogP contribution in [0.15, 0.2) is 18.5 Å². The van der Waals surface area contributed by atoms with E-state index in [4.69, 9.17) is 9.84 Å². The number of nitrogens with zero attached hydrogens (tertiary/aromatic N) is 1. The Morgan fingerprint density at radius 3 is 2.65 bits per heavy atom. The first-order valence-electron chi connectivity index (χ1n) is 6.51. The monoisotopic (exact) mass is 281 g/mol. The molecule has 1 rings (SSSR count). The van der Waals surface area contributed by atoms with Crippen LogP contribution in [0.25, 0.3) is 0 Å². The van der Waals surface area contributed by atoms with Crippen LogP contribution in [0.2, 0.25) is 0 Å². The average molecular weight is 281 g/mol. The number of hydrogen-bond acceptors (Lipinski definition) is 5. The molecule has 0 radical (unpaired) electrons. The van der Waals surface area contributed by atoms with Gasteiger partial charge in [0.2, 0.25) is 0 Å². The lowest BCUT2D eigenvalue weighted by Gasteiger charge is -2.06. The van der Waals surface area contributed by atoms with Crippen molar-refractivity contribution in [2.24, 2.45) is 0 Å². The van der Waals surface area contributed by atoms with Gasteiger partial charge in [0.05, 0.1) is 25.5 Å². The van der Waals surface area contributed by atoms with Crippen molar-refractivity contribution in [3.8, 4) is 5.75 Å². The zero-order valence-corrected chi connectivity index (χ0v) is 11.5. The molecule has 0 fully saturated rings. The molecular weight excluding hydrogens is 262 g/mol. The second kappa shape index (κ2) is 8.90. The van der Waals surface area contributed by atoms with Crippen LogP contribution in [0.5, 0.6) is 5.75 Å². The number of methoxy groups -OCH3 is 1. The van der Waals surface area contributed by atoms with E-state index in [0.29, 0.717) is 24.3 Å². The van der Waals surface area contributed by atoms with Gasteiger partial charge in [0.15, 0.2) is 0 Å². The Hall–Kier alpha value is -2.11. The van der Waals surface area contributed by atoms with E-state index in [1.165, 1.54) is 19.5 Å². The lowest BCUT2D eigenvalue weighted by atomic mass is 10.1. The number of rotatable bonds is 9. The Morgan fingerprint density at radius 2 is 1.95 bits per heavy atom. The van der Waals surface area contributed by atoms with Crippen molar-refractivity contribution in [2.75, 3.05) is 13.7 Å². The second-order valence-corrected chi connectivity index (χ2v) is 4.31. The smallest absolute Gasteiger partial charge is 0.339 e. The number of ether oxygens (including phenoxy) is 2. The Balaban J connectivity index is 2.22. The highest BCUT2D eigenvalue weighted by Gasteiger charge is 2.06. The van der Waals surface area contributed by atoms with E-state index in [-0.39, 0.29) is 6.42 Å². The molecule has 0 saturated carbocycles. The zero-order valence-electron chi connectivity index (χ0n) is 11.5. The zero-order chi connectivity index (χ0) is 14.8. The van der Waals surface area contributed by atoms with Crippen LogP contribution in [-0.2, 0) is 9.53 Å². The van der Waals surface area contributed by atoms with E-state index in [0.717, 1.165) is 19.3 Å². The highest BCUT2D eigenvalue weighted by molar-refractivity contribution is 5.89. The normalized spacial score (nSPS) is 10.1. The van der Waals surface area contributed by atoms with Gasteiger partial charge in [0.25, 0.3) is 0 Å². The van der Waals surface area contributed by atoms with Crippen LogP contribution in [-0.4, -0.2) is 35.7 Å². The summed E-state index contributed by atoms with van der Waals surface area (Å²) in [7, 11) is 1.31. The highest BCUT2D eigenvalue weighted by Crippen LogP contribution is 2.13. The minimum absolute atomic E-state index is 0.214. The molecule has 0 saturated heterocycles. The first-order chi connectivity index (χ1) is 9.63. The maximum Gasteiger partial charge on any atom is 0.339 e. The predicted molar refractivity (Wildman–Crippen MR) is 71.8 cm³/mol. The van der Waals surface area contributed by atoms with Crippen LogP contribution in [0.4, 0.5) is 0 Å². The minimum Gasteiger partial charge on any atom is -0.492 e. The Morgan fingerprint density at radius 1 is 1.20 bits per heavy atom. The molecule has 0 aromatic carbocycles. The van der Waals surface area contributed by atoms with Crippen molar-refractivity contribution < 1.29 is 24.2 Å². The molecule has 6 heteroatoms. The summed E-state index contributed by atoms with van der Waals surface area (Å²) in [6.07, 6.45) is 6.48. The second-order valence-electron chi connectivity index (χ2n) is 4.31. The van der Waals surface area contributed by atoms with Gasteiger partial charge >= 0.3 is 11.9 Å². The fourth-order valence-electron chi connectivity index (χ4n) is 1.65. The Kier molecular flexibility index (Phi) is 7.10. The van der Waals surface area contributed by atoms with Gasteiger partial charge in [-0.05, 0) is 18.9 Å². The van der Waals surface area contributed by atoms with Crippen LogP contribution >= 0.6 is 0 Å². The fourth-order valence-corrected chi connectivity index (χ4v) is 1.65. The number of carbonyl (C=O) groups excluding carboxylic acids is 1. The molecule has 0 unspecified atom stereocenters. The predicted octanol–water partition coefficient (Wildman–Crippen LogP) is 2.28. The van der Waals surface area contributed by atoms with E-state index < -0.39 is 11.9 Å². The molecule has 1 N–H and O–H groups in total. The maximum absolute atomic E-state index is 11.3. The fraction of sp³-hybridized carbons (Fsp3) is 0.500. The summed E-state index contributed by atoms with van der Waals surface area (Å²) in [5.74, 6) is -0.679. The standard InChI is InChI=1S/C14H19NO5/c1-19-14(18)11-8-12(10-15-9-11)20-7-5-3-2-4-6-13(16)17/h8-10H,2-7H2,1H3,(H,16,17). The van der Waals surface area contributed by atoms with Crippen molar-refractivity contribution in [1.29, 1.82) is 0 Å². The SMILES string of the molecule is COC(=O)c1cncc(OCCCCCCC(=O)O)c1. The molecule has 0 amide bonds. The molecule has 0 spiro atoms. The molecule has 1 aromatic heterocycles. The van der Waals surface area contributed by atoms with E-state index in [1.54, 1.807) is 6.07 Å². The number of carboxylic acid groups (broad SMARTS) is 1. The molecule has 110 valence electrons. The largest absolute Gasteiger partial charge is 0.492 e. The summed E-state index contributed by atoms with van der Waals surface area (Å²) < 4.78 is 10.1. The van der Waals surface area contributed by atoms with Crippen LogP contribution in [0.3, 0.4) is 0 Å². The summed E-state index contributed by atoms with van der Waals surface area (Å²) in [6.45, 7) is 0.513. The third-order valence-electron chi connectivity index (χ3n) is 2.69. The lowest BCUT2D eigenvalue weighted by Crippen LogP contribution is -2.03. The highest BCUT2D eigenvalue weighted by atomic mass is 16.5. The summed E-state index contributed by atoms with van der Waals surface area (Å²) >= 11 is 0. The van der Waals surface area contributed by atoms with E-state index in [9.17, 15) is 9.59 Å². The van der Waals surface area contributed by atoms with Gasteiger partial charge in [-0.25, -0.2) is 4.79 Å². The van der Waals surface area contributed by atoms with Crippen LogP contribution in [0, 0.1) is 0 Å². The van der Waals surface area contributed by atoms with Gasteiger partial charge in [-0.3, -0.25) is 9.78 Å². The van der Waals surface area contributed by atoms with Crippen molar-refractivity contribution >= 4 is 11.9 Å². The maximum atomic E-state index is 11.3. The molecule has 6 nitrogen and oxygen atoms in total. The van der Waals surface area contributed by atoms with Crippen molar-refractivity contribution in [3.63, 3.8) is 0 Å². The molecule has 0 atom stereocenters. The number of pyridine rings is 1. The number of esters is 1. The molecule has 1 aromatic rings. The third kappa shape index (κ3) is 6.17. The molecular formula is C14H19NO5. The average Bonchev–Trinajstić information content (AvgIpc) is 2.45. The molecule has 0 aliphatic carbocycles. The van der Waals surface area contributed by atoms with Gasteiger partial charge in [0, 0.05) is 12.6 Å². The van der Waals surface area contributed by atoms with Crippen LogP contribution in [0.1, 0.15) is 42.5 Å². The number of unbranched alkanes of at least 4 members (excludes halogenated alkanes) is 3. The van der Waals surface area contributed by atoms with Gasteiger partial charge in [-0.1, -0.05) is 12.8 Å². The first kappa shape index (κ1) is 15.9. The van der Waals surface area contributed by atoms with E-state index >= 15 is 0 Å². The Labute approximate surface area is 117 Å². The van der Waals surface area contributed by atoms with Crippen molar-refractivity contribution in [1.82, 2.24) is 4.98 Å². The summed E-state index contributed by atoms with van der Waals surface area (Å²) in [6, 6.07) is 1.59. The van der Waals surface area contributed by atoms with Crippen molar-refractivity contribution in [2.45, 2.75) is 32.1 Å². The number of carboxylic acids is 1. The first-order valence-corrected chi connectivity index (χ1v) is 6.51. The van der Waals surface area contributed by atoms with Crippen LogP contribution < -0.4 is 4.74 Å². The topological polar surface area (TPSA) is 85.7 Å². The quantitative estimate of drug-likeness (QED) is 0.552. The lowest BCUT2D eigenvalue weighted by molar-refractivity contribution is -0.137. The number of carbonyl (C=O) groups is 2. The molecule has 20 heavy (non-hydrogen) atoms. The minimum atomic E-state index is -0.757. The molecule has 0 aliphatic rings. The number of aromatic nitrogens is 1. The van der Waals surface area contributed by atoms with Gasteiger partial charge in [-0.2, -0.15) is 0 Å². The van der Waals surface area contributed by atoms with Crippen molar-refractivity contribution in [3.05, 3.63) is 24.0 Å². The molecule has 0 bridgehead atoms.